The van der Waals surface area contributed by atoms with Crippen LogP contribution in [0.15, 0.2) is 57.9 Å². The van der Waals surface area contributed by atoms with Crippen molar-refractivity contribution in [2.75, 3.05) is 6.61 Å². The van der Waals surface area contributed by atoms with Crippen molar-refractivity contribution >= 4 is 22.9 Å². The highest BCUT2D eigenvalue weighted by molar-refractivity contribution is 5.90. The summed E-state index contributed by atoms with van der Waals surface area (Å²) in [5, 5.41) is 48.9. The summed E-state index contributed by atoms with van der Waals surface area (Å²) >= 11 is 0. The fourth-order valence-corrected chi connectivity index (χ4v) is 3.66. The summed E-state index contributed by atoms with van der Waals surface area (Å²) in [6.45, 7) is -0.594. The van der Waals surface area contributed by atoms with Gasteiger partial charge in [-0.05, 0) is 29.8 Å². The second-order valence-electron chi connectivity index (χ2n) is 8.07. The number of phenols is 1. The molecule has 1 fully saturated rings. The van der Waals surface area contributed by atoms with Gasteiger partial charge in [0.25, 0.3) is 0 Å². The lowest BCUT2D eigenvalue weighted by atomic mass is 9.99. The van der Waals surface area contributed by atoms with Crippen LogP contribution in [-0.4, -0.2) is 74.8 Å². The van der Waals surface area contributed by atoms with Gasteiger partial charge in [-0.2, -0.15) is 0 Å². The van der Waals surface area contributed by atoms with Crippen molar-refractivity contribution in [2.24, 2.45) is 0 Å². The molecule has 1 aromatic heterocycles. The maximum Gasteiger partial charge on any atom is 0.317 e. The highest BCUT2D eigenvalue weighted by Crippen LogP contribution is 2.28. The third-order valence-corrected chi connectivity index (χ3v) is 5.55. The number of carbonyl (C=O) groups excluding carboxylic acids is 1. The van der Waals surface area contributed by atoms with Crippen LogP contribution in [0.1, 0.15) is 6.42 Å². The van der Waals surface area contributed by atoms with Crippen LogP contribution in [-0.2, 0) is 19.1 Å². The Labute approximate surface area is 202 Å². The molecule has 0 aliphatic carbocycles. The van der Waals surface area contributed by atoms with Crippen molar-refractivity contribution in [1.29, 1.82) is 0 Å². The summed E-state index contributed by atoms with van der Waals surface area (Å²) in [5.74, 6) is -2.33. The van der Waals surface area contributed by atoms with Gasteiger partial charge in [0.15, 0.2) is 5.43 Å². The zero-order chi connectivity index (χ0) is 26.0. The normalized spacial score (nSPS) is 23.8. The van der Waals surface area contributed by atoms with Gasteiger partial charge < -0.3 is 44.2 Å². The van der Waals surface area contributed by atoms with E-state index in [1.807, 2.05) is 0 Å². The number of hydrogen-bond donors (Lipinski definition) is 5. The fourth-order valence-electron chi connectivity index (χ4n) is 3.66. The lowest BCUT2D eigenvalue weighted by molar-refractivity contribution is -0.278. The molecule has 0 spiro atoms. The van der Waals surface area contributed by atoms with Gasteiger partial charge >= 0.3 is 11.9 Å². The summed E-state index contributed by atoms with van der Waals surface area (Å²) in [7, 11) is 0. The molecule has 0 amide bonds. The van der Waals surface area contributed by atoms with E-state index in [0.717, 1.165) is 0 Å². The van der Waals surface area contributed by atoms with Crippen LogP contribution in [0, 0.1) is 0 Å². The minimum absolute atomic E-state index is 0.0520. The molecule has 3 aromatic rings. The summed E-state index contributed by atoms with van der Waals surface area (Å²) in [6.07, 6.45) is -7.53. The van der Waals surface area contributed by atoms with Crippen molar-refractivity contribution in [3.8, 4) is 22.6 Å². The van der Waals surface area contributed by atoms with E-state index in [0.29, 0.717) is 5.56 Å². The Bertz CT molecular complexity index is 1310. The smallest absolute Gasteiger partial charge is 0.317 e. The average molecular weight is 502 g/mol. The molecule has 190 valence electrons. The minimum Gasteiger partial charge on any atom is -0.508 e. The van der Waals surface area contributed by atoms with E-state index in [4.69, 9.17) is 23.7 Å². The van der Waals surface area contributed by atoms with Gasteiger partial charge in [-0.15, -0.1) is 0 Å². The van der Waals surface area contributed by atoms with Crippen molar-refractivity contribution < 1.29 is 53.7 Å². The number of carboxylic acids is 1. The van der Waals surface area contributed by atoms with Crippen LogP contribution in [0.5, 0.6) is 11.5 Å². The van der Waals surface area contributed by atoms with Crippen LogP contribution in [0.4, 0.5) is 0 Å². The SMILES string of the molecule is O=C(O)CC(=O)OC[C@H]1O[C@@H](Oc2ccc3c(=O)c(-c4ccc(O)cc4)coc3c2)[C@H](O)[C@@H](O)[C@@H]1O. The number of fused-ring (bicyclic) bond motifs is 1. The fraction of sp³-hybridized carbons (Fsp3) is 0.292. The summed E-state index contributed by atoms with van der Waals surface area (Å²) in [5.41, 5.74) is 0.652. The Hall–Kier alpha value is -3.97. The van der Waals surface area contributed by atoms with Gasteiger partial charge in [0.05, 0.1) is 10.9 Å². The first-order chi connectivity index (χ1) is 17.1. The van der Waals surface area contributed by atoms with Gasteiger partial charge in [0.2, 0.25) is 6.29 Å². The number of aliphatic carboxylic acids is 1. The first-order valence-corrected chi connectivity index (χ1v) is 10.7. The molecule has 12 heteroatoms. The number of hydrogen-bond acceptors (Lipinski definition) is 11. The Balaban J connectivity index is 1.51. The molecule has 36 heavy (non-hydrogen) atoms. The van der Waals surface area contributed by atoms with Crippen molar-refractivity contribution in [3.05, 3.63) is 59.0 Å². The van der Waals surface area contributed by atoms with Crippen LogP contribution >= 0.6 is 0 Å². The van der Waals surface area contributed by atoms with Gasteiger partial charge in [-0.1, -0.05) is 12.1 Å². The molecule has 0 bridgehead atoms. The predicted molar refractivity (Wildman–Crippen MR) is 120 cm³/mol. The number of carboxylic acid groups (broad SMARTS) is 1. The third kappa shape index (κ3) is 5.31. The number of aliphatic hydroxyl groups is 3. The van der Waals surface area contributed by atoms with E-state index in [9.17, 15) is 34.8 Å². The topological polar surface area (TPSA) is 193 Å². The molecule has 1 aliphatic heterocycles. The molecule has 5 N–H and O–H groups in total. The molecule has 5 atom stereocenters. The summed E-state index contributed by atoms with van der Waals surface area (Å²) in [4.78, 5) is 35.0. The Morgan fingerprint density at radius 1 is 0.972 bits per heavy atom. The molecule has 1 aliphatic rings. The molecule has 0 unspecified atom stereocenters. The number of aliphatic hydroxyl groups excluding tert-OH is 3. The lowest BCUT2D eigenvalue weighted by Gasteiger charge is -2.39. The highest BCUT2D eigenvalue weighted by atomic mass is 16.7. The first-order valence-electron chi connectivity index (χ1n) is 10.7. The van der Waals surface area contributed by atoms with Crippen LogP contribution in [0.3, 0.4) is 0 Å². The summed E-state index contributed by atoms with van der Waals surface area (Å²) in [6, 6.07) is 10.2. The number of benzene rings is 2. The van der Waals surface area contributed by atoms with Gasteiger partial charge in [-0.3, -0.25) is 14.4 Å². The summed E-state index contributed by atoms with van der Waals surface area (Å²) < 4.78 is 21.4. The van der Waals surface area contributed by atoms with Crippen LogP contribution in [0.25, 0.3) is 22.1 Å². The largest absolute Gasteiger partial charge is 0.508 e. The zero-order valence-electron chi connectivity index (χ0n) is 18.5. The maximum absolute atomic E-state index is 12.9. The van der Waals surface area contributed by atoms with E-state index < -0.39 is 55.7 Å². The Kier molecular flexibility index (Phi) is 7.22. The van der Waals surface area contributed by atoms with Crippen molar-refractivity contribution in [1.82, 2.24) is 0 Å². The quantitative estimate of drug-likeness (QED) is 0.220. The second kappa shape index (κ2) is 10.3. The molecular weight excluding hydrogens is 480 g/mol. The predicted octanol–water partition coefficient (Wildman–Crippen LogP) is 0.370. The second-order valence-corrected chi connectivity index (χ2v) is 8.07. The van der Waals surface area contributed by atoms with Gasteiger partial charge in [0, 0.05) is 6.07 Å². The van der Waals surface area contributed by atoms with Crippen molar-refractivity contribution in [3.63, 3.8) is 0 Å². The standard InChI is InChI=1S/C24H22O12/c25-12-3-1-11(2-4-12)15-9-33-16-7-13(5-6-14(16)20(15)29)35-24-23(32)22(31)21(30)17(36-24)10-34-19(28)8-18(26)27/h1-7,9,17,21-25,30-32H,8,10H2,(H,26,27)/t17-,21-,22+,23-,24-/m1/s1. The van der Waals surface area contributed by atoms with Crippen LogP contribution < -0.4 is 10.2 Å². The molecular formula is C24H22O12. The molecule has 12 nitrogen and oxygen atoms in total. The molecule has 2 aromatic carbocycles. The van der Waals surface area contributed by atoms with E-state index in [1.165, 1.54) is 36.6 Å². The maximum atomic E-state index is 12.9. The lowest BCUT2D eigenvalue weighted by Crippen LogP contribution is -2.60. The number of esters is 1. The van der Waals surface area contributed by atoms with Gasteiger partial charge in [-0.25, -0.2) is 0 Å². The minimum atomic E-state index is -1.72. The molecule has 1 saturated heterocycles. The first kappa shape index (κ1) is 25.1. The highest BCUT2D eigenvalue weighted by Gasteiger charge is 2.45. The van der Waals surface area contributed by atoms with Crippen LogP contribution in [0.2, 0.25) is 0 Å². The van der Waals surface area contributed by atoms with E-state index in [-0.39, 0.29) is 33.5 Å². The number of carbonyl (C=O) groups is 2. The molecule has 2 heterocycles. The number of ether oxygens (including phenoxy) is 3. The number of rotatable bonds is 7. The Morgan fingerprint density at radius 3 is 2.39 bits per heavy atom. The molecule has 4 rings (SSSR count). The molecule has 0 radical (unpaired) electrons. The number of phenolic OH excluding ortho intramolecular Hbond substituents is 1. The van der Waals surface area contributed by atoms with Crippen molar-refractivity contribution in [2.45, 2.75) is 37.1 Å². The number of aromatic hydroxyl groups is 1. The third-order valence-electron chi connectivity index (χ3n) is 5.55. The van der Waals surface area contributed by atoms with E-state index in [2.05, 4.69) is 0 Å². The monoisotopic (exact) mass is 502 g/mol. The Morgan fingerprint density at radius 2 is 1.69 bits per heavy atom. The van der Waals surface area contributed by atoms with Gasteiger partial charge in [0.1, 0.15) is 60.8 Å². The van der Waals surface area contributed by atoms with E-state index in [1.54, 1.807) is 12.1 Å². The zero-order valence-corrected chi connectivity index (χ0v) is 18.5. The average Bonchev–Trinajstić information content (AvgIpc) is 2.84. The van der Waals surface area contributed by atoms with E-state index >= 15 is 0 Å². The molecule has 0 saturated carbocycles.